The number of hydrogen-bond acceptors (Lipinski definition) is 6. The molecule has 1 atom stereocenters. The van der Waals surface area contributed by atoms with Crippen molar-refractivity contribution in [2.75, 3.05) is 16.4 Å². The smallest absolute Gasteiger partial charge is 0.255 e. The number of anilines is 2. The van der Waals surface area contributed by atoms with Crippen molar-refractivity contribution in [1.29, 1.82) is 0 Å². The van der Waals surface area contributed by atoms with E-state index in [-0.39, 0.29) is 12.0 Å². The van der Waals surface area contributed by atoms with Crippen LogP contribution >= 0.6 is 11.8 Å². The van der Waals surface area contributed by atoms with E-state index in [4.69, 9.17) is 9.84 Å². The summed E-state index contributed by atoms with van der Waals surface area (Å²) in [6, 6.07) is 16.8. The molecule has 1 amide bonds. The van der Waals surface area contributed by atoms with Gasteiger partial charge in [-0.05, 0) is 56.4 Å². The van der Waals surface area contributed by atoms with Crippen molar-refractivity contribution >= 4 is 29.3 Å². The van der Waals surface area contributed by atoms with Crippen LogP contribution in [-0.4, -0.2) is 32.5 Å². The Morgan fingerprint density at radius 2 is 1.91 bits per heavy atom. The quantitative estimate of drug-likeness (QED) is 0.488. The normalized spacial score (nSPS) is 15.3. The molecule has 0 saturated carbocycles. The van der Waals surface area contributed by atoms with Gasteiger partial charge in [-0.25, -0.2) is 4.68 Å². The lowest BCUT2D eigenvalue weighted by molar-refractivity contribution is -0.113. The molecule has 166 valence electrons. The third-order valence-electron chi connectivity index (χ3n) is 4.95. The molecule has 3 aromatic rings. The van der Waals surface area contributed by atoms with Crippen molar-refractivity contribution in [1.82, 2.24) is 14.8 Å². The first kappa shape index (κ1) is 22.0. The van der Waals surface area contributed by atoms with Crippen molar-refractivity contribution in [3.05, 3.63) is 71.4 Å². The molecule has 0 spiro atoms. The zero-order chi connectivity index (χ0) is 22.7. The number of fused-ring (bicyclic) bond motifs is 1. The van der Waals surface area contributed by atoms with Crippen LogP contribution in [-0.2, 0) is 4.79 Å². The minimum Gasteiger partial charge on any atom is -0.491 e. The maximum absolute atomic E-state index is 13.4. The molecule has 8 heteroatoms. The first-order chi connectivity index (χ1) is 15.5. The maximum Gasteiger partial charge on any atom is 0.255 e. The molecule has 2 aromatic carbocycles. The number of thioether (sulfide) groups is 1. The molecule has 7 nitrogen and oxygen atoms in total. The molecule has 2 N–H and O–H groups in total. The van der Waals surface area contributed by atoms with E-state index in [1.165, 1.54) is 0 Å². The molecule has 0 bridgehead atoms. The zero-order valence-corrected chi connectivity index (χ0v) is 19.4. The van der Waals surface area contributed by atoms with Crippen LogP contribution < -0.4 is 15.4 Å². The first-order valence-corrected chi connectivity index (χ1v) is 11.6. The SMILES string of the molecule is CCSc1nc2n(n1)C(c1ccc(OC(C)C)cc1)C(C(=O)Nc1ccccc1)=C(C)N2. The molecular weight excluding hydrogens is 422 g/mol. The maximum atomic E-state index is 13.4. The number of aromatic nitrogens is 3. The number of para-hydroxylation sites is 1. The van der Waals surface area contributed by atoms with Gasteiger partial charge >= 0.3 is 0 Å². The number of amides is 1. The zero-order valence-electron chi connectivity index (χ0n) is 18.6. The Labute approximate surface area is 192 Å². The number of hydrogen-bond donors (Lipinski definition) is 2. The Morgan fingerprint density at radius 3 is 2.56 bits per heavy atom. The average Bonchev–Trinajstić information content (AvgIpc) is 3.16. The fraction of sp³-hybridized carbons (Fsp3) is 0.292. The van der Waals surface area contributed by atoms with E-state index in [2.05, 4.69) is 22.5 Å². The highest BCUT2D eigenvalue weighted by Gasteiger charge is 2.34. The minimum absolute atomic E-state index is 0.0876. The molecule has 0 fully saturated rings. The fourth-order valence-corrected chi connectivity index (χ4v) is 4.20. The summed E-state index contributed by atoms with van der Waals surface area (Å²) in [6.45, 7) is 7.94. The highest BCUT2D eigenvalue weighted by atomic mass is 32.2. The van der Waals surface area contributed by atoms with Crippen molar-refractivity contribution in [3.8, 4) is 5.75 Å². The second-order valence-electron chi connectivity index (χ2n) is 7.72. The van der Waals surface area contributed by atoms with E-state index in [1.807, 2.05) is 75.4 Å². The highest BCUT2D eigenvalue weighted by molar-refractivity contribution is 7.99. The molecule has 32 heavy (non-hydrogen) atoms. The highest BCUT2D eigenvalue weighted by Crippen LogP contribution is 2.37. The van der Waals surface area contributed by atoms with Crippen LogP contribution in [0.5, 0.6) is 5.75 Å². The molecule has 1 aliphatic heterocycles. The van der Waals surface area contributed by atoms with Gasteiger partial charge in [0.05, 0.1) is 11.7 Å². The second kappa shape index (κ2) is 9.48. The number of benzene rings is 2. The van der Waals surface area contributed by atoms with Gasteiger partial charge in [0.1, 0.15) is 11.8 Å². The molecule has 2 heterocycles. The molecular formula is C24H27N5O2S. The molecule has 1 unspecified atom stereocenters. The Bertz CT molecular complexity index is 1120. The number of rotatable bonds is 7. The van der Waals surface area contributed by atoms with Crippen LogP contribution in [0.4, 0.5) is 11.6 Å². The Kier molecular flexibility index (Phi) is 6.50. The fourth-order valence-electron chi connectivity index (χ4n) is 3.64. The monoisotopic (exact) mass is 449 g/mol. The number of nitrogens with one attached hydrogen (secondary N) is 2. The molecule has 0 aliphatic carbocycles. The Morgan fingerprint density at radius 1 is 1.19 bits per heavy atom. The predicted molar refractivity (Wildman–Crippen MR) is 128 cm³/mol. The summed E-state index contributed by atoms with van der Waals surface area (Å²) in [7, 11) is 0. The number of carbonyl (C=O) groups excluding carboxylic acids is 1. The van der Waals surface area contributed by atoms with Crippen molar-refractivity contribution in [3.63, 3.8) is 0 Å². The summed E-state index contributed by atoms with van der Waals surface area (Å²) >= 11 is 1.57. The summed E-state index contributed by atoms with van der Waals surface area (Å²) in [4.78, 5) is 18.0. The van der Waals surface area contributed by atoms with E-state index in [0.717, 1.165) is 28.5 Å². The van der Waals surface area contributed by atoms with Gasteiger partial charge in [-0.1, -0.05) is 49.0 Å². The second-order valence-corrected chi connectivity index (χ2v) is 8.95. The first-order valence-electron chi connectivity index (χ1n) is 10.7. The molecule has 0 saturated heterocycles. The van der Waals surface area contributed by atoms with Crippen LogP contribution in [0.3, 0.4) is 0 Å². The minimum atomic E-state index is -0.415. The summed E-state index contributed by atoms with van der Waals surface area (Å²) in [5, 5.41) is 11.7. The lowest BCUT2D eigenvalue weighted by atomic mass is 9.95. The van der Waals surface area contributed by atoms with E-state index >= 15 is 0 Å². The van der Waals surface area contributed by atoms with E-state index < -0.39 is 6.04 Å². The van der Waals surface area contributed by atoms with Gasteiger partial charge in [-0.2, -0.15) is 4.98 Å². The lowest BCUT2D eigenvalue weighted by Gasteiger charge is -2.28. The van der Waals surface area contributed by atoms with Crippen molar-refractivity contribution in [2.24, 2.45) is 0 Å². The predicted octanol–water partition coefficient (Wildman–Crippen LogP) is 5.10. The van der Waals surface area contributed by atoms with Gasteiger partial charge in [0.25, 0.3) is 5.91 Å². The summed E-state index contributed by atoms with van der Waals surface area (Å²) < 4.78 is 7.59. The number of nitrogens with zero attached hydrogens (tertiary/aromatic N) is 3. The topological polar surface area (TPSA) is 81.1 Å². The van der Waals surface area contributed by atoms with Gasteiger partial charge in [0.15, 0.2) is 0 Å². The summed E-state index contributed by atoms with van der Waals surface area (Å²) in [5.41, 5.74) is 3.01. The number of allylic oxidation sites excluding steroid dienone is 1. The average molecular weight is 450 g/mol. The Balaban J connectivity index is 1.74. The van der Waals surface area contributed by atoms with Gasteiger partial charge in [-0.3, -0.25) is 4.79 Å². The number of carbonyl (C=O) groups is 1. The lowest BCUT2D eigenvalue weighted by Crippen LogP contribution is -2.31. The van der Waals surface area contributed by atoms with Gasteiger partial charge < -0.3 is 15.4 Å². The Hall–Kier alpha value is -3.26. The molecule has 1 aliphatic rings. The van der Waals surface area contributed by atoms with Crippen LogP contribution in [0.2, 0.25) is 0 Å². The van der Waals surface area contributed by atoms with E-state index in [9.17, 15) is 4.79 Å². The van der Waals surface area contributed by atoms with Gasteiger partial charge in [0, 0.05) is 11.4 Å². The third-order valence-corrected chi connectivity index (χ3v) is 5.67. The van der Waals surface area contributed by atoms with Crippen molar-refractivity contribution in [2.45, 2.75) is 45.0 Å². The van der Waals surface area contributed by atoms with Crippen LogP contribution in [0.1, 0.15) is 39.3 Å². The van der Waals surface area contributed by atoms with Gasteiger partial charge in [-0.15, -0.1) is 5.10 Å². The summed E-state index contributed by atoms with van der Waals surface area (Å²) in [6.07, 6.45) is 0.0876. The standard InChI is InChI=1S/C24H27N5O2S/c1-5-32-24-27-23-25-16(4)20(22(30)26-18-9-7-6-8-10-18)21(29(23)28-24)17-11-13-19(14-12-17)31-15(2)3/h6-15,21H,5H2,1-4H3,(H,26,30)(H,25,27,28). The van der Waals surface area contributed by atoms with E-state index in [0.29, 0.717) is 16.7 Å². The van der Waals surface area contributed by atoms with E-state index in [1.54, 1.807) is 16.4 Å². The van der Waals surface area contributed by atoms with Gasteiger partial charge in [0.2, 0.25) is 11.1 Å². The number of ether oxygens (including phenoxy) is 1. The van der Waals surface area contributed by atoms with Crippen LogP contribution in [0.25, 0.3) is 0 Å². The summed E-state index contributed by atoms with van der Waals surface area (Å²) in [5.74, 6) is 2.10. The molecule has 4 rings (SSSR count). The van der Waals surface area contributed by atoms with Crippen LogP contribution in [0, 0.1) is 0 Å². The largest absolute Gasteiger partial charge is 0.491 e. The van der Waals surface area contributed by atoms with Crippen LogP contribution in [0.15, 0.2) is 71.0 Å². The third kappa shape index (κ3) is 4.65. The molecule has 1 aromatic heterocycles. The molecule has 0 radical (unpaired) electrons. The van der Waals surface area contributed by atoms with Crippen molar-refractivity contribution < 1.29 is 9.53 Å².